The molecule has 2 rings (SSSR count). The maximum absolute atomic E-state index is 13.2. The van der Waals surface area contributed by atoms with Crippen molar-refractivity contribution < 1.29 is 23.1 Å². The number of carbonyl (C=O) groups is 2. The molecule has 0 heterocycles. The van der Waals surface area contributed by atoms with Crippen molar-refractivity contribution in [3.05, 3.63) is 52.6 Å². The number of rotatable bonds is 8. The van der Waals surface area contributed by atoms with Crippen molar-refractivity contribution in [2.24, 2.45) is 0 Å². The molecular formula is C26H37N3O5S. The molecular weight excluding hydrogens is 466 g/mol. The minimum absolute atomic E-state index is 0.0863. The summed E-state index contributed by atoms with van der Waals surface area (Å²) in [5, 5.41) is 13.0. The van der Waals surface area contributed by atoms with E-state index in [0.29, 0.717) is 34.5 Å². The molecule has 0 unspecified atom stereocenters. The van der Waals surface area contributed by atoms with E-state index in [0.717, 1.165) is 9.87 Å². The normalized spacial score (nSPS) is 11.8. The van der Waals surface area contributed by atoms with E-state index in [1.165, 1.54) is 4.90 Å². The van der Waals surface area contributed by atoms with E-state index < -0.39 is 22.5 Å². The molecule has 2 amide bonds. The molecule has 0 atom stereocenters. The van der Waals surface area contributed by atoms with Gasteiger partial charge in [-0.25, -0.2) is 8.42 Å². The zero-order chi connectivity index (χ0) is 26.7. The van der Waals surface area contributed by atoms with Crippen LogP contribution < -0.4 is 9.62 Å². The van der Waals surface area contributed by atoms with Crippen LogP contribution in [0.4, 0.5) is 11.4 Å². The Morgan fingerprint density at radius 2 is 1.60 bits per heavy atom. The summed E-state index contributed by atoms with van der Waals surface area (Å²) in [5.41, 5.74) is 2.71. The molecule has 0 aromatic heterocycles. The van der Waals surface area contributed by atoms with Crippen LogP contribution in [-0.4, -0.2) is 56.6 Å². The van der Waals surface area contributed by atoms with E-state index in [1.54, 1.807) is 59.1 Å². The standard InChI is InChI=1S/C26H37N3O5S/c1-9-12-35(33,34)29(20-13-17(2)24(31)18(3)14-20)16-23(30)27-22-15-19(25(32)28(7)8)10-11-21(22)26(4,5)6/h10-11,13-15,31H,9,12,16H2,1-8H3,(H,27,30). The van der Waals surface area contributed by atoms with Gasteiger partial charge in [0.2, 0.25) is 15.9 Å². The summed E-state index contributed by atoms with van der Waals surface area (Å²) < 4.78 is 27.3. The Hall–Kier alpha value is -3.07. The van der Waals surface area contributed by atoms with Crippen molar-refractivity contribution in [2.45, 2.75) is 53.4 Å². The molecule has 0 spiro atoms. The quantitative estimate of drug-likeness (QED) is 0.562. The molecule has 2 aromatic carbocycles. The SMILES string of the molecule is CCCS(=O)(=O)N(CC(=O)Nc1cc(C(=O)N(C)C)ccc1C(C)(C)C)c1cc(C)c(O)c(C)c1. The van der Waals surface area contributed by atoms with E-state index in [-0.39, 0.29) is 22.8 Å². The number of hydrogen-bond acceptors (Lipinski definition) is 5. The second kappa shape index (κ2) is 10.7. The molecule has 0 aliphatic heterocycles. The molecule has 0 saturated carbocycles. The van der Waals surface area contributed by atoms with Gasteiger partial charge >= 0.3 is 0 Å². The fourth-order valence-corrected chi connectivity index (χ4v) is 5.29. The van der Waals surface area contributed by atoms with Crippen molar-refractivity contribution >= 4 is 33.2 Å². The largest absolute Gasteiger partial charge is 0.507 e. The van der Waals surface area contributed by atoms with Gasteiger partial charge in [-0.05, 0) is 66.6 Å². The van der Waals surface area contributed by atoms with Gasteiger partial charge in [-0.3, -0.25) is 13.9 Å². The Balaban J connectivity index is 2.50. The van der Waals surface area contributed by atoms with Crippen molar-refractivity contribution in [3.63, 3.8) is 0 Å². The molecule has 0 radical (unpaired) electrons. The molecule has 8 nitrogen and oxygen atoms in total. The first-order valence-electron chi connectivity index (χ1n) is 11.5. The average Bonchev–Trinajstić information content (AvgIpc) is 2.73. The summed E-state index contributed by atoms with van der Waals surface area (Å²) in [6.45, 7) is 10.6. The number of hydrogen-bond donors (Lipinski definition) is 2. The number of anilines is 2. The van der Waals surface area contributed by atoms with Gasteiger partial charge < -0.3 is 15.3 Å². The maximum atomic E-state index is 13.2. The summed E-state index contributed by atoms with van der Waals surface area (Å²) in [5.74, 6) is -0.779. The van der Waals surface area contributed by atoms with Crippen LogP contribution in [-0.2, 0) is 20.2 Å². The van der Waals surface area contributed by atoms with Gasteiger partial charge in [-0.15, -0.1) is 0 Å². The van der Waals surface area contributed by atoms with Gasteiger partial charge in [-0.1, -0.05) is 33.8 Å². The summed E-state index contributed by atoms with van der Waals surface area (Å²) in [4.78, 5) is 27.2. The maximum Gasteiger partial charge on any atom is 0.253 e. The summed E-state index contributed by atoms with van der Waals surface area (Å²) in [7, 11) is -0.502. The minimum atomic E-state index is -3.80. The molecule has 0 bridgehead atoms. The van der Waals surface area contributed by atoms with Crippen molar-refractivity contribution in [1.29, 1.82) is 0 Å². The van der Waals surface area contributed by atoms with Crippen molar-refractivity contribution in [2.75, 3.05) is 36.0 Å². The minimum Gasteiger partial charge on any atom is -0.507 e. The average molecular weight is 504 g/mol. The smallest absolute Gasteiger partial charge is 0.253 e. The number of aryl methyl sites for hydroxylation is 2. The van der Waals surface area contributed by atoms with Crippen LogP contribution in [0.25, 0.3) is 0 Å². The molecule has 0 fully saturated rings. The highest BCUT2D eigenvalue weighted by atomic mass is 32.2. The lowest BCUT2D eigenvalue weighted by atomic mass is 9.85. The number of nitrogens with one attached hydrogen (secondary N) is 1. The number of phenolic OH excluding ortho intramolecular Hbond substituents is 1. The van der Waals surface area contributed by atoms with Crippen LogP contribution in [0.1, 0.15) is 61.2 Å². The Morgan fingerprint density at radius 3 is 2.09 bits per heavy atom. The lowest BCUT2D eigenvalue weighted by Gasteiger charge is -2.27. The number of carbonyl (C=O) groups excluding carboxylic acids is 2. The topological polar surface area (TPSA) is 107 Å². The lowest BCUT2D eigenvalue weighted by Crippen LogP contribution is -2.39. The Bertz CT molecular complexity index is 1190. The summed E-state index contributed by atoms with van der Waals surface area (Å²) >= 11 is 0. The third-order valence-electron chi connectivity index (χ3n) is 5.60. The second-order valence-electron chi connectivity index (χ2n) is 10.0. The number of sulfonamides is 1. The predicted molar refractivity (Wildman–Crippen MR) is 141 cm³/mol. The van der Waals surface area contributed by atoms with Crippen LogP contribution in [0, 0.1) is 13.8 Å². The number of aromatic hydroxyl groups is 1. The van der Waals surface area contributed by atoms with E-state index in [9.17, 15) is 23.1 Å². The first-order valence-corrected chi connectivity index (χ1v) is 13.2. The zero-order valence-corrected chi connectivity index (χ0v) is 22.7. The molecule has 2 aromatic rings. The predicted octanol–water partition coefficient (Wildman–Crippen LogP) is 4.19. The fraction of sp³-hybridized carbons (Fsp3) is 0.462. The third-order valence-corrected chi connectivity index (χ3v) is 7.54. The lowest BCUT2D eigenvalue weighted by molar-refractivity contribution is -0.114. The number of phenols is 1. The highest BCUT2D eigenvalue weighted by Crippen LogP contribution is 2.32. The van der Waals surface area contributed by atoms with Gasteiger partial charge in [-0.2, -0.15) is 0 Å². The van der Waals surface area contributed by atoms with Gasteiger partial charge in [0.15, 0.2) is 0 Å². The fourth-order valence-electron chi connectivity index (χ4n) is 3.81. The molecule has 0 aliphatic rings. The van der Waals surface area contributed by atoms with Gasteiger partial charge in [0, 0.05) is 25.3 Å². The number of amides is 2. The van der Waals surface area contributed by atoms with Gasteiger partial charge in [0.1, 0.15) is 12.3 Å². The van der Waals surface area contributed by atoms with E-state index in [1.807, 2.05) is 26.8 Å². The van der Waals surface area contributed by atoms with Crippen molar-refractivity contribution in [3.8, 4) is 5.75 Å². The van der Waals surface area contributed by atoms with E-state index >= 15 is 0 Å². The Morgan fingerprint density at radius 1 is 1.03 bits per heavy atom. The van der Waals surface area contributed by atoms with Crippen LogP contribution in [0.15, 0.2) is 30.3 Å². The molecule has 0 saturated heterocycles. The zero-order valence-electron chi connectivity index (χ0n) is 21.9. The van der Waals surface area contributed by atoms with Gasteiger partial charge in [0.25, 0.3) is 5.91 Å². The Labute approximate surface area is 209 Å². The van der Waals surface area contributed by atoms with Crippen LogP contribution in [0.5, 0.6) is 5.75 Å². The molecule has 0 aliphatic carbocycles. The Kier molecular flexibility index (Phi) is 8.60. The molecule has 35 heavy (non-hydrogen) atoms. The summed E-state index contributed by atoms with van der Waals surface area (Å²) in [6.07, 6.45) is 0.388. The second-order valence-corrected chi connectivity index (χ2v) is 12.0. The monoisotopic (exact) mass is 503 g/mol. The van der Waals surface area contributed by atoms with Gasteiger partial charge in [0.05, 0.1) is 11.4 Å². The summed E-state index contributed by atoms with van der Waals surface area (Å²) in [6, 6.07) is 8.27. The first kappa shape index (κ1) is 28.2. The van der Waals surface area contributed by atoms with Crippen LogP contribution in [0.3, 0.4) is 0 Å². The van der Waals surface area contributed by atoms with E-state index in [2.05, 4.69) is 5.32 Å². The van der Waals surface area contributed by atoms with Crippen molar-refractivity contribution in [1.82, 2.24) is 4.90 Å². The van der Waals surface area contributed by atoms with Crippen LogP contribution >= 0.6 is 0 Å². The van der Waals surface area contributed by atoms with E-state index in [4.69, 9.17) is 0 Å². The highest BCUT2D eigenvalue weighted by Gasteiger charge is 2.27. The third kappa shape index (κ3) is 6.75. The first-order chi connectivity index (χ1) is 16.1. The highest BCUT2D eigenvalue weighted by molar-refractivity contribution is 7.92. The number of benzene rings is 2. The molecule has 9 heteroatoms. The number of nitrogens with zero attached hydrogens (tertiary/aromatic N) is 2. The molecule has 192 valence electrons. The van der Waals surface area contributed by atoms with Crippen LogP contribution in [0.2, 0.25) is 0 Å². The molecule has 2 N–H and O–H groups in total.